The second-order valence-corrected chi connectivity index (χ2v) is 5.24. The van der Waals surface area contributed by atoms with Gasteiger partial charge in [0, 0.05) is 22.3 Å². The highest BCUT2D eigenvalue weighted by molar-refractivity contribution is 7.21. The van der Waals surface area contributed by atoms with Crippen LogP contribution in [0.15, 0.2) is 12.1 Å². The normalized spacial score (nSPS) is 11.1. The van der Waals surface area contributed by atoms with Gasteiger partial charge < -0.3 is 9.47 Å². The highest BCUT2D eigenvalue weighted by atomic mass is 35.5. The van der Waals surface area contributed by atoms with Gasteiger partial charge in [0.25, 0.3) is 0 Å². The largest absolute Gasteiger partial charge is 0.487 e. The molecule has 0 aliphatic heterocycles. The minimum absolute atomic E-state index is 0.486. The molecule has 1 aromatic heterocycles. The minimum Gasteiger partial charge on any atom is -0.487 e. The van der Waals surface area contributed by atoms with Crippen LogP contribution < -0.4 is 4.74 Å². The molecule has 0 saturated carbocycles. The van der Waals surface area contributed by atoms with Crippen LogP contribution >= 0.6 is 34.5 Å². The molecular formula is C12H12Cl2O2S. The first kappa shape index (κ1) is 13.0. The molecule has 2 aromatic rings. The highest BCUT2D eigenvalue weighted by Crippen LogP contribution is 2.43. The molecule has 2 nitrogen and oxygen atoms in total. The lowest BCUT2D eigenvalue weighted by Gasteiger charge is -2.05. The first-order chi connectivity index (χ1) is 8.19. The molecule has 0 spiro atoms. The Balaban J connectivity index is 2.63. The van der Waals surface area contributed by atoms with Gasteiger partial charge in [-0.1, -0.05) is 34.5 Å². The van der Waals surface area contributed by atoms with Gasteiger partial charge in [0.15, 0.2) is 5.06 Å². The third-order valence-corrected chi connectivity index (χ3v) is 4.41. The van der Waals surface area contributed by atoms with E-state index < -0.39 is 0 Å². The molecule has 0 saturated heterocycles. The van der Waals surface area contributed by atoms with E-state index in [1.54, 1.807) is 24.5 Å². The lowest BCUT2D eigenvalue weighted by atomic mass is 10.2. The van der Waals surface area contributed by atoms with Gasteiger partial charge in [-0.25, -0.2) is 0 Å². The first-order valence-corrected chi connectivity index (χ1v) is 6.77. The molecule has 92 valence electrons. The molecule has 0 fully saturated rings. The van der Waals surface area contributed by atoms with Gasteiger partial charge in [-0.05, 0) is 19.1 Å². The van der Waals surface area contributed by atoms with Crippen LogP contribution in [0.2, 0.25) is 10.0 Å². The monoisotopic (exact) mass is 290 g/mol. The van der Waals surface area contributed by atoms with Crippen molar-refractivity contribution in [3.05, 3.63) is 27.7 Å². The van der Waals surface area contributed by atoms with Crippen molar-refractivity contribution in [2.45, 2.75) is 13.5 Å². The summed E-state index contributed by atoms with van der Waals surface area (Å²) in [7, 11) is 1.65. The molecule has 1 aromatic carbocycles. The maximum Gasteiger partial charge on any atom is 0.180 e. The molecule has 17 heavy (non-hydrogen) atoms. The number of thiophene rings is 1. The van der Waals surface area contributed by atoms with E-state index in [-0.39, 0.29) is 0 Å². The third-order valence-electron chi connectivity index (χ3n) is 2.44. The van der Waals surface area contributed by atoms with Crippen LogP contribution in [0.5, 0.6) is 5.06 Å². The summed E-state index contributed by atoms with van der Waals surface area (Å²) in [6.07, 6.45) is 0. The summed E-state index contributed by atoms with van der Waals surface area (Å²) in [6.45, 7) is 3.09. The quantitative estimate of drug-likeness (QED) is 0.809. The summed E-state index contributed by atoms with van der Waals surface area (Å²) < 4.78 is 11.9. The molecule has 0 radical (unpaired) electrons. The zero-order valence-corrected chi connectivity index (χ0v) is 11.9. The number of fused-ring (bicyclic) bond motifs is 1. The van der Waals surface area contributed by atoms with E-state index in [1.165, 1.54) is 0 Å². The van der Waals surface area contributed by atoms with Crippen molar-refractivity contribution < 1.29 is 9.47 Å². The summed E-state index contributed by atoms with van der Waals surface area (Å²) >= 11 is 13.8. The number of benzene rings is 1. The van der Waals surface area contributed by atoms with Crippen molar-refractivity contribution in [1.82, 2.24) is 0 Å². The minimum atomic E-state index is 0.486. The number of halogens is 2. The van der Waals surface area contributed by atoms with E-state index in [0.29, 0.717) is 23.3 Å². The van der Waals surface area contributed by atoms with Crippen LogP contribution in [0, 0.1) is 0 Å². The fourth-order valence-electron chi connectivity index (χ4n) is 1.66. The molecule has 0 aliphatic rings. The number of methoxy groups -OCH3 is 1. The molecule has 0 atom stereocenters. The molecule has 0 bridgehead atoms. The smallest absolute Gasteiger partial charge is 0.180 e. The molecule has 1 heterocycles. The van der Waals surface area contributed by atoms with Crippen molar-refractivity contribution in [2.24, 2.45) is 0 Å². The summed E-state index contributed by atoms with van der Waals surface area (Å²) in [4.78, 5) is 0. The number of ether oxygens (including phenoxy) is 2. The summed E-state index contributed by atoms with van der Waals surface area (Å²) in [6, 6.07) is 3.75. The Morgan fingerprint density at radius 2 is 2.06 bits per heavy atom. The molecular weight excluding hydrogens is 279 g/mol. The standard InChI is InChI=1S/C12H12Cl2O2S/c1-3-16-6-7-10-9(17-12(7)15-2)5-4-8(13)11(10)14/h4-5H,3,6H2,1-2H3. The lowest BCUT2D eigenvalue weighted by molar-refractivity contribution is 0.133. The van der Waals surface area contributed by atoms with Gasteiger partial charge in [-0.3, -0.25) is 0 Å². The van der Waals surface area contributed by atoms with Gasteiger partial charge >= 0.3 is 0 Å². The van der Waals surface area contributed by atoms with E-state index in [0.717, 1.165) is 20.7 Å². The predicted molar refractivity (Wildman–Crippen MR) is 73.7 cm³/mol. The average Bonchev–Trinajstić information content (AvgIpc) is 2.70. The maximum atomic E-state index is 6.24. The molecule has 0 aliphatic carbocycles. The number of hydrogen-bond acceptors (Lipinski definition) is 3. The van der Waals surface area contributed by atoms with Gasteiger partial charge in [-0.15, -0.1) is 0 Å². The van der Waals surface area contributed by atoms with Gasteiger partial charge in [-0.2, -0.15) is 0 Å². The summed E-state index contributed by atoms with van der Waals surface area (Å²) in [5.74, 6) is 0. The topological polar surface area (TPSA) is 18.5 Å². The summed E-state index contributed by atoms with van der Waals surface area (Å²) in [5, 5.41) is 2.89. The van der Waals surface area contributed by atoms with Crippen molar-refractivity contribution in [1.29, 1.82) is 0 Å². The Kier molecular flexibility index (Phi) is 4.15. The van der Waals surface area contributed by atoms with Crippen LogP contribution in [0.4, 0.5) is 0 Å². The van der Waals surface area contributed by atoms with Crippen molar-refractivity contribution >= 4 is 44.6 Å². The van der Waals surface area contributed by atoms with Crippen molar-refractivity contribution in [3.8, 4) is 5.06 Å². The Morgan fingerprint density at radius 3 is 2.71 bits per heavy atom. The van der Waals surface area contributed by atoms with Crippen molar-refractivity contribution in [2.75, 3.05) is 13.7 Å². The molecule has 0 amide bonds. The second kappa shape index (κ2) is 5.44. The molecule has 0 unspecified atom stereocenters. The Morgan fingerprint density at radius 1 is 1.29 bits per heavy atom. The van der Waals surface area contributed by atoms with Crippen molar-refractivity contribution in [3.63, 3.8) is 0 Å². The van der Waals surface area contributed by atoms with Gasteiger partial charge in [0.2, 0.25) is 0 Å². The predicted octanol–water partition coefficient (Wildman–Crippen LogP) is 4.75. The van der Waals surface area contributed by atoms with E-state index >= 15 is 0 Å². The van der Waals surface area contributed by atoms with Gasteiger partial charge in [0.05, 0.1) is 23.8 Å². The average molecular weight is 291 g/mol. The van der Waals surface area contributed by atoms with E-state index in [2.05, 4.69) is 0 Å². The number of rotatable bonds is 4. The second-order valence-electron chi connectivity index (χ2n) is 3.44. The van der Waals surface area contributed by atoms with Gasteiger partial charge in [0.1, 0.15) is 0 Å². The maximum absolute atomic E-state index is 6.24. The van der Waals surface area contributed by atoms with Crippen LogP contribution in [0.25, 0.3) is 10.1 Å². The summed E-state index contributed by atoms with van der Waals surface area (Å²) in [5.41, 5.74) is 0.974. The Bertz CT molecular complexity index is 537. The van der Waals surface area contributed by atoms with E-state index in [4.69, 9.17) is 32.7 Å². The van der Waals surface area contributed by atoms with Crippen LogP contribution in [-0.4, -0.2) is 13.7 Å². The van der Waals surface area contributed by atoms with E-state index in [1.807, 2.05) is 13.0 Å². The van der Waals surface area contributed by atoms with Crippen LogP contribution in [-0.2, 0) is 11.3 Å². The van der Waals surface area contributed by atoms with Crippen LogP contribution in [0.3, 0.4) is 0 Å². The molecule has 0 N–H and O–H groups in total. The molecule has 2 rings (SSSR count). The molecule has 5 heteroatoms. The van der Waals surface area contributed by atoms with E-state index in [9.17, 15) is 0 Å². The Hall–Kier alpha value is -0.480. The fourth-order valence-corrected chi connectivity index (χ4v) is 3.19. The van der Waals surface area contributed by atoms with Crippen LogP contribution in [0.1, 0.15) is 12.5 Å². The Labute approximate surface area is 114 Å². The highest BCUT2D eigenvalue weighted by Gasteiger charge is 2.17. The SMILES string of the molecule is CCOCc1c(OC)sc2ccc(Cl)c(Cl)c12. The first-order valence-electron chi connectivity index (χ1n) is 5.20. The zero-order chi connectivity index (χ0) is 12.4. The third kappa shape index (κ3) is 2.38. The number of hydrogen-bond donors (Lipinski definition) is 0. The fraction of sp³-hybridized carbons (Fsp3) is 0.333. The lowest BCUT2D eigenvalue weighted by Crippen LogP contribution is -1.93. The zero-order valence-electron chi connectivity index (χ0n) is 9.55.